The standard InChI is InChI=1S/C19H16F3NO5S/c1-18(26,19(20,21)22)12-7-5-6-11(10-12)16(24)15-17(25)13-8-3-4-9-14(13)29(27,28)23(15)2/h3-10,24,26H,1-2H3/b16-15+. The molecule has 0 aromatic heterocycles. The molecule has 1 atom stereocenters. The molecule has 154 valence electrons. The lowest BCUT2D eigenvalue weighted by molar-refractivity contribution is -0.258. The maximum absolute atomic E-state index is 13.1. The number of hydrogen-bond acceptors (Lipinski definition) is 5. The van der Waals surface area contributed by atoms with Gasteiger partial charge in [-0.1, -0.05) is 30.3 Å². The lowest BCUT2D eigenvalue weighted by Gasteiger charge is -2.29. The molecule has 0 radical (unpaired) electrons. The zero-order chi connectivity index (χ0) is 21.8. The number of rotatable bonds is 2. The molecule has 2 N–H and O–H groups in total. The van der Waals surface area contributed by atoms with E-state index in [1.54, 1.807) is 0 Å². The van der Waals surface area contributed by atoms with Crippen LogP contribution >= 0.6 is 0 Å². The first kappa shape index (κ1) is 20.9. The van der Waals surface area contributed by atoms with Gasteiger partial charge in [-0.15, -0.1) is 0 Å². The van der Waals surface area contributed by atoms with E-state index in [0.29, 0.717) is 11.2 Å². The van der Waals surface area contributed by atoms with Crippen molar-refractivity contribution in [1.29, 1.82) is 0 Å². The maximum Gasteiger partial charge on any atom is 0.421 e. The van der Waals surface area contributed by atoms with Crippen LogP contribution in [0, 0.1) is 0 Å². The molecule has 0 aliphatic carbocycles. The van der Waals surface area contributed by atoms with Crippen molar-refractivity contribution in [1.82, 2.24) is 4.31 Å². The summed E-state index contributed by atoms with van der Waals surface area (Å²) in [5.41, 5.74) is -4.81. The zero-order valence-electron chi connectivity index (χ0n) is 15.2. The largest absolute Gasteiger partial charge is 0.505 e. The van der Waals surface area contributed by atoms with Crippen LogP contribution in [0.25, 0.3) is 5.76 Å². The Bertz CT molecular complexity index is 1140. The number of halogens is 3. The number of carbonyl (C=O) groups is 1. The molecule has 0 spiro atoms. The highest BCUT2D eigenvalue weighted by Gasteiger charge is 2.51. The number of fused-ring (bicyclic) bond motifs is 1. The first-order valence-electron chi connectivity index (χ1n) is 8.26. The van der Waals surface area contributed by atoms with Crippen LogP contribution in [0.5, 0.6) is 0 Å². The topological polar surface area (TPSA) is 94.9 Å². The summed E-state index contributed by atoms with van der Waals surface area (Å²) in [5, 5.41) is 20.5. The van der Waals surface area contributed by atoms with Gasteiger partial charge in [0.1, 0.15) is 5.70 Å². The van der Waals surface area contributed by atoms with Gasteiger partial charge in [0.2, 0.25) is 5.78 Å². The van der Waals surface area contributed by atoms with Crippen LogP contribution in [0.1, 0.15) is 28.4 Å². The molecule has 2 aromatic carbocycles. The molecule has 0 saturated carbocycles. The average molecular weight is 427 g/mol. The number of aliphatic hydroxyl groups is 2. The second-order valence-electron chi connectivity index (χ2n) is 6.65. The first-order valence-corrected chi connectivity index (χ1v) is 9.70. The molecule has 0 bridgehead atoms. The van der Waals surface area contributed by atoms with E-state index in [9.17, 15) is 36.6 Å². The fraction of sp³-hybridized carbons (Fsp3) is 0.211. The predicted molar refractivity (Wildman–Crippen MR) is 97.3 cm³/mol. The van der Waals surface area contributed by atoms with Crippen molar-refractivity contribution < 1.29 is 36.6 Å². The molecule has 10 heteroatoms. The average Bonchev–Trinajstić information content (AvgIpc) is 2.66. The van der Waals surface area contributed by atoms with E-state index in [-0.39, 0.29) is 16.0 Å². The van der Waals surface area contributed by atoms with E-state index >= 15 is 0 Å². The number of sulfonamides is 1. The van der Waals surface area contributed by atoms with Crippen LogP contribution in [0.15, 0.2) is 59.1 Å². The van der Waals surface area contributed by atoms with E-state index in [2.05, 4.69) is 0 Å². The number of hydrogen-bond donors (Lipinski definition) is 2. The summed E-state index contributed by atoms with van der Waals surface area (Å²) in [7, 11) is -3.09. The Labute approximate surface area is 164 Å². The van der Waals surface area contributed by atoms with Gasteiger partial charge in [-0.3, -0.25) is 9.10 Å². The highest BCUT2D eigenvalue weighted by molar-refractivity contribution is 7.89. The third kappa shape index (κ3) is 3.18. The predicted octanol–water partition coefficient (Wildman–Crippen LogP) is 3.20. The zero-order valence-corrected chi connectivity index (χ0v) is 16.0. The lowest BCUT2D eigenvalue weighted by atomic mass is 9.93. The number of alkyl halides is 3. The highest BCUT2D eigenvalue weighted by atomic mass is 32.2. The first-order chi connectivity index (χ1) is 13.3. The van der Waals surface area contributed by atoms with Crippen molar-refractivity contribution in [3.8, 4) is 0 Å². The molecule has 1 aliphatic heterocycles. The Kier molecular flexibility index (Phi) is 4.75. The van der Waals surface area contributed by atoms with Gasteiger partial charge >= 0.3 is 6.18 Å². The normalized spacial score (nSPS) is 20.1. The maximum atomic E-state index is 13.1. The van der Waals surface area contributed by atoms with Crippen molar-refractivity contribution in [2.24, 2.45) is 0 Å². The van der Waals surface area contributed by atoms with E-state index in [1.165, 1.54) is 30.3 Å². The third-order valence-electron chi connectivity index (χ3n) is 4.77. The minimum absolute atomic E-state index is 0.161. The number of allylic oxidation sites excluding steroid dienone is 1. The van der Waals surface area contributed by atoms with Crippen LogP contribution < -0.4 is 0 Å². The van der Waals surface area contributed by atoms with Crippen molar-refractivity contribution in [3.63, 3.8) is 0 Å². The molecule has 1 unspecified atom stereocenters. The number of benzene rings is 2. The molecule has 29 heavy (non-hydrogen) atoms. The summed E-state index contributed by atoms with van der Waals surface area (Å²) in [6.07, 6.45) is -4.99. The molecule has 6 nitrogen and oxygen atoms in total. The Morgan fingerprint density at radius 1 is 1.07 bits per heavy atom. The summed E-state index contributed by atoms with van der Waals surface area (Å²) in [6, 6.07) is 9.62. The van der Waals surface area contributed by atoms with Crippen LogP contribution in [-0.2, 0) is 15.6 Å². The Balaban J connectivity index is 2.21. The monoisotopic (exact) mass is 427 g/mol. The summed E-state index contributed by atoms with van der Waals surface area (Å²) < 4.78 is 65.4. The van der Waals surface area contributed by atoms with Crippen molar-refractivity contribution in [2.45, 2.75) is 23.6 Å². The molecule has 0 saturated heterocycles. The van der Waals surface area contributed by atoms with E-state index < -0.39 is 44.6 Å². The number of nitrogens with zero attached hydrogens (tertiary/aromatic N) is 1. The molecular weight excluding hydrogens is 411 g/mol. The van der Waals surface area contributed by atoms with Crippen LogP contribution in [0.4, 0.5) is 13.2 Å². The van der Waals surface area contributed by atoms with Gasteiger partial charge in [0.15, 0.2) is 11.4 Å². The van der Waals surface area contributed by atoms with Gasteiger partial charge in [0.05, 0.1) is 4.90 Å². The van der Waals surface area contributed by atoms with E-state index in [1.807, 2.05) is 0 Å². The van der Waals surface area contributed by atoms with Gasteiger partial charge in [0.25, 0.3) is 10.0 Å². The summed E-state index contributed by atoms with van der Waals surface area (Å²) in [5.74, 6) is -1.63. The van der Waals surface area contributed by atoms with Gasteiger partial charge in [-0.25, -0.2) is 8.42 Å². The third-order valence-corrected chi connectivity index (χ3v) is 6.59. The Hall–Kier alpha value is -2.85. The molecule has 1 aliphatic rings. The lowest BCUT2D eigenvalue weighted by Crippen LogP contribution is -2.39. The van der Waals surface area contributed by atoms with E-state index in [0.717, 1.165) is 25.2 Å². The molecule has 2 aromatic rings. The Morgan fingerprint density at radius 2 is 1.69 bits per heavy atom. The van der Waals surface area contributed by atoms with Crippen molar-refractivity contribution >= 4 is 21.6 Å². The number of aliphatic hydroxyl groups excluding tert-OH is 1. The second-order valence-corrected chi connectivity index (χ2v) is 8.58. The van der Waals surface area contributed by atoms with Crippen LogP contribution in [0.2, 0.25) is 0 Å². The highest BCUT2D eigenvalue weighted by Crippen LogP contribution is 2.40. The SMILES string of the molecule is CN1/C(=C(/O)c2cccc(C(C)(O)C(F)(F)F)c2)C(=O)c2ccccc2S1(=O)=O. The van der Waals surface area contributed by atoms with Gasteiger partial charge in [0, 0.05) is 18.2 Å². The quantitative estimate of drug-likeness (QED) is 0.567. The number of Topliss-reactive ketones (excluding diaryl/α,β-unsaturated/α-hetero) is 1. The Morgan fingerprint density at radius 3 is 2.31 bits per heavy atom. The van der Waals surface area contributed by atoms with Gasteiger partial charge in [-0.2, -0.15) is 13.2 Å². The molecule has 1 heterocycles. The summed E-state index contributed by atoms with van der Waals surface area (Å²) >= 11 is 0. The van der Waals surface area contributed by atoms with Crippen molar-refractivity contribution in [3.05, 3.63) is 70.9 Å². The second kappa shape index (κ2) is 6.60. The van der Waals surface area contributed by atoms with Gasteiger partial charge in [-0.05, 0) is 30.7 Å². The van der Waals surface area contributed by atoms with E-state index in [4.69, 9.17) is 0 Å². The molecule has 0 amide bonds. The van der Waals surface area contributed by atoms with Crippen molar-refractivity contribution in [2.75, 3.05) is 7.05 Å². The minimum Gasteiger partial charge on any atom is -0.505 e. The molecular formula is C19H16F3NO5S. The van der Waals surface area contributed by atoms with Crippen LogP contribution in [-0.4, -0.2) is 41.9 Å². The minimum atomic E-state index is -4.99. The smallest absolute Gasteiger partial charge is 0.421 e. The van der Waals surface area contributed by atoms with Gasteiger partial charge < -0.3 is 10.2 Å². The summed E-state index contributed by atoms with van der Waals surface area (Å²) in [6.45, 7) is 0.550. The molecule has 3 rings (SSSR count). The number of carbonyl (C=O) groups excluding carboxylic acids is 1. The summed E-state index contributed by atoms with van der Waals surface area (Å²) in [4.78, 5) is 12.6. The molecule has 0 fully saturated rings. The van der Waals surface area contributed by atoms with Crippen LogP contribution in [0.3, 0.4) is 0 Å². The number of ketones is 1. The fourth-order valence-electron chi connectivity index (χ4n) is 2.94. The number of likely N-dealkylation sites (N-methyl/N-ethyl adjacent to an activating group) is 1. The fourth-order valence-corrected chi connectivity index (χ4v) is 4.34.